The quantitative estimate of drug-likeness (QED) is 0.606. The van der Waals surface area contributed by atoms with Gasteiger partial charge < -0.3 is 10.1 Å². The van der Waals surface area contributed by atoms with Gasteiger partial charge in [0, 0.05) is 17.2 Å². The first-order valence-corrected chi connectivity index (χ1v) is 4.83. The van der Waals surface area contributed by atoms with Gasteiger partial charge in [0.05, 0.1) is 17.7 Å². The number of nitriles is 1. The van der Waals surface area contributed by atoms with Crippen LogP contribution in [0.25, 0.3) is 0 Å². The number of hydrogen-bond acceptors (Lipinski definition) is 4. The van der Waals surface area contributed by atoms with Crippen LogP contribution in [0.4, 0.5) is 0 Å². The highest BCUT2D eigenvalue weighted by molar-refractivity contribution is 7.99. The molecule has 1 unspecified atom stereocenters. The second kappa shape index (κ2) is 4.17. The van der Waals surface area contributed by atoms with Gasteiger partial charge >= 0.3 is 0 Å². The molecule has 0 radical (unpaired) electrons. The van der Waals surface area contributed by atoms with Crippen LogP contribution in [0.3, 0.4) is 0 Å². The highest BCUT2D eigenvalue weighted by Gasteiger charge is 2.14. The predicted octanol–water partition coefficient (Wildman–Crippen LogP) is 0.688. The van der Waals surface area contributed by atoms with E-state index in [0.29, 0.717) is 5.75 Å². The molecule has 1 atom stereocenters. The number of hydrogen-bond donors (Lipinski definition) is 1. The molecule has 1 heterocycles. The van der Waals surface area contributed by atoms with Crippen molar-refractivity contribution in [1.29, 1.82) is 5.26 Å². The molecule has 12 heavy (non-hydrogen) atoms. The van der Waals surface area contributed by atoms with Crippen LogP contribution in [0.2, 0.25) is 0 Å². The standard InChI is InChI=1S/C8H10N2OS/c1-6-7(2-9)4-12-5-8(3-11)10-6/h3,8,10H,4-5H2,1H3. The zero-order valence-corrected chi connectivity index (χ0v) is 7.65. The summed E-state index contributed by atoms with van der Waals surface area (Å²) in [5, 5.41) is 11.7. The molecule has 0 saturated heterocycles. The minimum absolute atomic E-state index is 0.138. The molecule has 0 aromatic carbocycles. The van der Waals surface area contributed by atoms with Crippen LogP contribution in [0.5, 0.6) is 0 Å². The van der Waals surface area contributed by atoms with Gasteiger partial charge in [-0.25, -0.2) is 0 Å². The van der Waals surface area contributed by atoms with E-state index in [-0.39, 0.29) is 6.04 Å². The summed E-state index contributed by atoms with van der Waals surface area (Å²) in [7, 11) is 0. The van der Waals surface area contributed by atoms with Gasteiger partial charge in [-0.3, -0.25) is 0 Å². The fraction of sp³-hybridized carbons (Fsp3) is 0.500. The molecule has 0 aromatic heterocycles. The van der Waals surface area contributed by atoms with E-state index < -0.39 is 0 Å². The molecular formula is C8H10N2OS. The molecule has 0 fully saturated rings. The lowest BCUT2D eigenvalue weighted by Gasteiger charge is -2.09. The lowest BCUT2D eigenvalue weighted by Crippen LogP contribution is -2.30. The molecule has 0 bridgehead atoms. The maximum Gasteiger partial charge on any atom is 0.143 e. The van der Waals surface area contributed by atoms with Crippen LogP contribution in [0, 0.1) is 11.3 Å². The summed E-state index contributed by atoms with van der Waals surface area (Å²) in [6.07, 6.45) is 0.886. The Morgan fingerprint density at radius 2 is 2.58 bits per heavy atom. The first-order chi connectivity index (χ1) is 5.77. The summed E-state index contributed by atoms with van der Waals surface area (Å²) in [5.41, 5.74) is 1.57. The van der Waals surface area contributed by atoms with E-state index in [1.165, 1.54) is 0 Å². The Hall–Kier alpha value is -0.950. The van der Waals surface area contributed by atoms with Crippen LogP contribution in [-0.4, -0.2) is 23.8 Å². The highest BCUT2D eigenvalue weighted by atomic mass is 32.2. The molecule has 4 heteroatoms. The van der Waals surface area contributed by atoms with Crippen molar-refractivity contribution in [1.82, 2.24) is 5.32 Å². The predicted molar refractivity (Wildman–Crippen MR) is 48.6 cm³/mol. The van der Waals surface area contributed by atoms with Crippen molar-refractivity contribution >= 4 is 18.0 Å². The summed E-state index contributed by atoms with van der Waals surface area (Å²) >= 11 is 1.61. The fourth-order valence-electron chi connectivity index (χ4n) is 0.993. The summed E-state index contributed by atoms with van der Waals surface area (Å²) in [5.74, 6) is 1.45. The van der Waals surface area contributed by atoms with Gasteiger partial charge in [0.1, 0.15) is 6.29 Å². The third-order valence-corrected chi connectivity index (χ3v) is 2.79. The first-order valence-electron chi connectivity index (χ1n) is 3.67. The third kappa shape index (κ3) is 2.02. The smallest absolute Gasteiger partial charge is 0.143 e. The van der Waals surface area contributed by atoms with Gasteiger partial charge in [-0.15, -0.1) is 0 Å². The molecule has 3 nitrogen and oxygen atoms in total. The van der Waals surface area contributed by atoms with E-state index in [2.05, 4.69) is 11.4 Å². The average molecular weight is 182 g/mol. The molecule has 1 aliphatic rings. The van der Waals surface area contributed by atoms with Crippen LogP contribution >= 0.6 is 11.8 Å². The Labute approximate surface area is 75.8 Å². The van der Waals surface area contributed by atoms with Crippen molar-refractivity contribution in [3.63, 3.8) is 0 Å². The van der Waals surface area contributed by atoms with Crippen molar-refractivity contribution in [2.45, 2.75) is 13.0 Å². The zero-order chi connectivity index (χ0) is 8.97. The average Bonchev–Trinajstić information content (AvgIpc) is 2.26. The number of aldehydes is 1. The Morgan fingerprint density at radius 1 is 1.83 bits per heavy atom. The van der Waals surface area contributed by atoms with Crippen LogP contribution in [0.15, 0.2) is 11.3 Å². The minimum Gasteiger partial charge on any atom is -0.378 e. The minimum atomic E-state index is -0.138. The lowest BCUT2D eigenvalue weighted by molar-refractivity contribution is -0.108. The molecule has 0 saturated carbocycles. The Kier molecular flexibility index (Phi) is 3.18. The van der Waals surface area contributed by atoms with Crippen LogP contribution in [0.1, 0.15) is 6.92 Å². The summed E-state index contributed by atoms with van der Waals surface area (Å²) in [6.45, 7) is 1.83. The van der Waals surface area contributed by atoms with E-state index in [4.69, 9.17) is 5.26 Å². The largest absolute Gasteiger partial charge is 0.378 e. The molecule has 64 valence electrons. The molecule has 1 rings (SSSR count). The van der Waals surface area contributed by atoms with Crippen LogP contribution < -0.4 is 5.32 Å². The van der Waals surface area contributed by atoms with Gasteiger partial charge in [0.2, 0.25) is 0 Å². The number of nitrogens with one attached hydrogen (secondary N) is 1. The summed E-state index contributed by atoms with van der Waals surface area (Å²) in [4.78, 5) is 10.5. The molecule has 1 N–H and O–H groups in total. The molecule has 1 aliphatic heterocycles. The fourth-order valence-corrected chi connectivity index (χ4v) is 2.01. The van der Waals surface area contributed by atoms with Gasteiger partial charge in [0.25, 0.3) is 0 Å². The molecule has 0 spiro atoms. The number of allylic oxidation sites excluding steroid dienone is 1. The van der Waals surface area contributed by atoms with E-state index in [1.807, 2.05) is 6.92 Å². The maximum atomic E-state index is 10.5. The number of nitrogens with zero attached hydrogens (tertiary/aromatic N) is 1. The first kappa shape index (κ1) is 9.14. The van der Waals surface area contributed by atoms with Crippen molar-refractivity contribution in [3.8, 4) is 6.07 Å². The Morgan fingerprint density at radius 3 is 3.17 bits per heavy atom. The van der Waals surface area contributed by atoms with Gasteiger partial charge in [-0.05, 0) is 6.92 Å². The molecule has 0 aliphatic carbocycles. The van der Waals surface area contributed by atoms with Crippen molar-refractivity contribution < 1.29 is 4.79 Å². The van der Waals surface area contributed by atoms with Crippen molar-refractivity contribution in [2.24, 2.45) is 0 Å². The normalized spacial score (nSPS) is 23.8. The zero-order valence-electron chi connectivity index (χ0n) is 6.83. The SMILES string of the molecule is CC1=C(C#N)CSCC(C=O)N1. The monoisotopic (exact) mass is 182 g/mol. The molecular weight excluding hydrogens is 172 g/mol. The van der Waals surface area contributed by atoms with E-state index >= 15 is 0 Å². The summed E-state index contributed by atoms with van der Waals surface area (Å²) in [6, 6.07) is 1.98. The lowest BCUT2D eigenvalue weighted by atomic mass is 10.2. The molecule has 0 aromatic rings. The second-order valence-electron chi connectivity index (χ2n) is 2.62. The Balaban J connectivity index is 2.76. The van der Waals surface area contributed by atoms with Crippen molar-refractivity contribution in [2.75, 3.05) is 11.5 Å². The maximum absolute atomic E-state index is 10.5. The highest BCUT2D eigenvalue weighted by Crippen LogP contribution is 2.15. The molecule has 0 amide bonds. The third-order valence-electron chi connectivity index (χ3n) is 1.70. The van der Waals surface area contributed by atoms with E-state index in [9.17, 15) is 4.79 Å². The van der Waals surface area contributed by atoms with Crippen LogP contribution in [-0.2, 0) is 4.79 Å². The number of rotatable bonds is 1. The number of carbonyl (C=O) groups is 1. The topological polar surface area (TPSA) is 52.9 Å². The van der Waals surface area contributed by atoms with Gasteiger partial charge in [-0.2, -0.15) is 17.0 Å². The van der Waals surface area contributed by atoms with Gasteiger partial charge in [0.15, 0.2) is 0 Å². The Bertz CT molecular complexity index is 254. The number of carbonyl (C=O) groups excluding carboxylic acids is 1. The van der Waals surface area contributed by atoms with E-state index in [1.54, 1.807) is 11.8 Å². The summed E-state index contributed by atoms with van der Waals surface area (Å²) < 4.78 is 0. The van der Waals surface area contributed by atoms with Gasteiger partial charge in [-0.1, -0.05) is 0 Å². The number of thioether (sulfide) groups is 1. The van der Waals surface area contributed by atoms with E-state index in [0.717, 1.165) is 23.3 Å². The van der Waals surface area contributed by atoms with Crippen molar-refractivity contribution in [3.05, 3.63) is 11.3 Å². The second-order valence-corrected chi connectivity index (χ2v) is 3.65.